The van der Waals surface area contributed by atoms with Crippen LogP contribution in [0.4, 0.5) is 0 Å². The molecule has 1 aromatic carbocycles. The first-order valence-corrected chi connectivity index (χ1v) is 7.26. The van der Waals surface area contributed by atoms with E-state index in [2.05, 4.69) is 37.3 Å². The first kappa shape index (κ1) is 10.5. The molecule has 2 aliphatic carbocycles. The zero-order valence-electron chi connectivity index (χ0n) is 10.3. The molecule has 1 aromatic heterocycles. The van der Waals surface area contributed by atoms with Crippen LogP contribution >= 0.6 is 11.3 Å². The third-order valence-corrected chi connectivity index (χ3v) is 5.77. The van der Waals surface area contributed by atoms with E-state index in [0.717, 1.165) is 12.8 Å². The van der Waals surface area contributed by atoms with Crippen LogP contribution < -0.4 is 0 Å². The molecule has 1 nitrogen and oxygen atoms in total. The number of thiophene rings is 1. The number of fused-ring (bicyclic) bond motifs is 5. The molecule has 90 valence electrons. The molecule has 0 bridgehead atoms. The van der Waals surface area contributed by atoms with Crippen LogP contribution in [-0.4, -0.2) is 5.78 Å². The summed E-state index contributed by atoms with van der Waals surface area (Å²) in [6, 6.07) is 8.60. The fourth-order valence-corrected chi connectivity index (χ4v) is 4.77. The van der Waals surface area contributed by atoms with E-state index in [0.29, 0.717) is 12.2 Å². The highest BCUT2D eigenvalue weighted by Crippen LogP contribution is 2.53. The zero-order valence-corrected chi connectivity index (χ0v) is 11.1. The molecule has 0 fully saturated rings. The summed E-state index contributed by atoms with van der Waals surface area (Å²) in [7, 11) is 0. The van der Waals surface area contributed by atoms with Crippen LogP contribution in [0.1, 0.15) is 30.2 Å². The van der Waals surface area contributed by atoms with Gasteiger partial charge in [-0.1, -0.05) is 24.3 Å². The maximum absolute atomic E-state index is 12.1. The average Bonchev–Trinajstić information content (AvgIpc) is 2.88. The molecule has 0 spiro atoms. The predicted molar refractivity (Wildman–Crippen MR) is 75.9 cm³/mol. The topological polar surface area (TPSA) is 17.1 Å². The van der Waals surface area contributed by atoms with Gasteiger partial charge in [0, 0.05) is 16.0 Å². The zero-order chi connectivity index (χ0) is 12.3. The second-order valence-electron chi connectivity index (χ2n) is 5.48. The van der Waals surface area contributed by atoms with Gasteiger partial charge < -0.3 is 0 Å². The van der Waals surface area contributed by atoms with Crippen LogP contribution in [0.2, 0.25) is 0 Å². The number of carbonyl (C=O) groups excluding carboxylic acids is 1. The maximum atomic E-state index is 12.1. The van der Waals surface area contributed by atoms with Crippen LogP contribution in [-0.2, 0) is 11.2 Å². The van der Waals surface area contributed by atoms with Crippen molar-refractivity contribution < 1.29 is 4.79 Å². The van der Waals surface area contributed by atoms with E-state index in [1.54, 1.807) is 0 Å². The summed E-state index contributed by atoms with van der Waals surface area (Å²) in [6.07, 6.45) is 4.81. The van der Waals surface area contributed by atoms with Gasteiger partial charge in [0.25, 0.3) is 0 Å². The summed E-state index contributed by atoms with van der Waals surface area (Å²) in [5.74, 6) is 0.403. The Morgan fingerprint density at radius 1 is 1.28 bits per heavy atom. The van der Waals surface area contributed by atoms with E-state index < -0.39 is 0 Å². The minimum absolute atomic E-state index is 0.201. The van der Waals surface area contributed by atoms with Crippen molar-refractivity contribution in [2.75, 3.05) is 0 Å². The van der Waals surface area contributed by atoms with E-state index in [4.69, 9.17) is 0 Å². The number of Topliss-reactive ketones (excluding diaryl/α,β-unsaturated/α-hetero) is 1. The number of allylic oxidation sites excluding steroid dienone is 2. The molecule has 1 unspecified atom stereocenters. The van der Waals surface area contributed by atoms with E-state index in [-0.39, 0.29) is 5.41 Å². The molecule has 0 N–H and O–H groups in total. The lowest BCUT2D eigenvalue weighted by Gasteiger charge is -2.31. The molecule has 2 heteroatoms. The monoisotopic (exact) mass is 254 g/mol. The van der Waals surface area contributed by atoms with Gasteiger partial charge in [-0.3, -0.25) is 4.79 Å². The number of benzene rings is 1. The van der Waals surface area contributed by atoms with E-state index in [1.807, 2.05) is 11.3 Å². The molecular weight excluding hydrogens is 240 g/mol. The minimum Gasteiger partial charge on any atom is -0.298 e. The third kappa shape index (κ3) is 1.14. The third-order valence-electron chi connectivity index (χ3n) is 4.52. The van der Waals surface area contributed by atoms with Crippen LogP contribution in [0.3, 0.4) is 0 Å². The number of rotatable bonds is 0. The molecule has 0 radical (unpaired) electrons. The highest BCUT2D eigenvalue weighted by Gasteiger charge is 2.44. The fraction of sp³-hybridized carbons (Fsp3) is 0.312. The lowest BCUT2D eigenvalue weighted by molar-refractivity contribution is -0.123. The van der Waals surface area contributed by atoms with Crippen molar-refractivity contribution in [1.29, 1.82) is 0 Å². The number of hydrogen-bond donors (Lipinski definition) is 0. The lowest BCUT2D eigenvalue weighted by atomic mass is 9.72. The summed E-state index contributed by atoms with van der Waals surface area (Å²) >= 11 is 1.86. The molecule has 1 heterocycles. The summed E-state index contributed by atoms with van der Waals surface area (Å²) in [5.41, 5.74) is 2.57. The lowest BCUT2D eigenvalue weighted by Crippen LogP contribution is -2.28. The highest BCUT2D eigenvalue weighted by atomic mass is 32.1. The summed E-state index contributed by atoms with van der Waals surface area (Å²) < 4.78 is 1.35. The van der Waals surface area contributed by atoms with E-state index in [1.165, 1.54) is 26.1 Å². The molecule has 1 atom stereocenters. The Labute approximate surface area is 110 Å². The van der Waals surface area contributed by atoms with Gasteiger partial charge >= 0.3 is 0 Å². The van der Waals surface area contributed by atoms with Gasteiger partial charge in [-0.05, 0) is 42.4 Å². The van der Waals surface area contributed by atoms with Gasteiger partial charge in [-0.25, -0.2) is 0 Å². The predicted octanol–water partition coefficient (Wildman–Crippen LogP) is 4.21. The Morgan fingerprint density at radius 3 is 3.00 bits per heavy atom. The SMILES string of the molecule is CC12CCc3c(sc4ccccc34)C1=CCC2=O. The van der Waals surface area contributed by atoms with Crippen molar-refractivity contribution in [2.24, 2.45) is 5.41 Å². The summed E-state index contributed by atoms with van der Waals surface area (Å²) in [6.45, 7) is 2.13. The normalized spacial score (nSPS) is 26.1. The number of ketones is 1. The Balaban J connectivity index is 2.02. The first-order chi connectivity index (χ1) is 8.70. The Bertz CT molecular complexity index is 707. The smallest absolute Gasteiger partial charge is 0.146 e. The summed E-state index contributed by atoms with van der Waals surface area (Å²) in [5, 5.41) is 1.39. The number of aryl methyl sites for hydroxylation is 1. The fourth-order valence-electron chi connectivity index (χ4n) is 3.35. The Morgan fingerprint density at radius 2 is 2.11 bits per heavy atom. The second-order valence-corrected chi connectivity index (χ2v) is 6.54. The van der Waals surface area contributed by atoms with Gasteiger partial charge in [0.15, 0.2) is 0 Å². The number of carbonyl (C=O) groups is 1. The Kier molecular flexibility index (Phi) is 1.94. The van der Waals surface area contributed by atoms with Gasteiger partial charge in [0.05, 0.1) is 5.41 Å². The van der Waals surface area contributed by atoms with Crippen molar-refractivity contribution >= 4 is 32.8 Å². The van der Waals surface area contributed by atoms with Crippen LogP contribution in [0.5, 0.6) is 0 Å². The van der Waals surface area contributed by atoms with Crippen molar-refractivity contribution in [3.8, 4) is 0 Å². The number of hydrogen-bond acceptors (Lipinski definition) is 2. The van der Waals surface area contributed by atoms with Crippen molar-refractivity contribution in [3.63, 3.8) is 0 Å². The van der Waals surface area contributed by atoms with E-state index >= 15 is 0 Å². The van der Waals surface area contributed by atoms with Crippen LogP contribution in [0.15, 0.2) is 30.3 Å². The quantitative estimate of drug-likeness (QED) is 0.688. The van der Waals surface area contributed by atoms with Gasteiger partial charge in [-0.2, -0.15) is 0 Å². The van der Waals surface area contributed by atoms with Gasteiger partial charge in [0.1, 0.15) is 5.78 Å². The van der Waals surface area contributed by atoms with Gasteiger partial charge in [-0.15, -0.1) is 11.3 Å². The molecule has 18 heavy (non-hydrogen) atoms. The standard InChI is InChI=1S/C16H14OS/c1-16-9-8-11-10-4-2-3-5-13(10)18-15(11)12(16)6-7-14(16)17/h2-6H,7-9H2,1H3. The van der Waals surface area contributed by atoms with Crippen molar-refractivity contribution in [2.45, 2.75) is 26.2 Å². The minimum atomic E-state index is -0.201. The maximum Gasteiger partial charge on any atom is 0.146 e. The second kappa shape index (κ2) is 3.33. The molecule has 0 amide bonds. The van der Waals surface area contributed by atoms with E-state index in [9.17, 15) is 4.79 Å². The molecular formula is C16H14OS. The average molecular weight is 254 g/mol. The Hall–Kier alpha value is -1.41. The molecule has 2 aromatic rings. The molecule has 0 saturated carbocycles. The van der Waals surface area contributed by atoms with Gasteiger partial charge in [0.2, 0.25) is 0 Å². The molecule has 0 aliphatic heterocycles. The molecule has 0 saturated heterocycles. The largest absolute Gasteiger partial charge is 0.298 e. The molecule has 4 rings (SSSR count). The molecule has 2 aliphatic rings. The first-order valence-electron chi connectivity index (χ1n) is 6.45. The van der Waals surface area contributed by atoms with Crippen molar-refractivity contribution in [3.05, 3.63) is 40.8 Å². The van der Waals surface area contributed by atoms with Crippen molar-refractivity contribution in [1.82, 2.24) is 0 Å². The summed E-state index contributed by atoms with van der Waals surface area (Å²) in [4.78, 5) is 13.5. The van der Waals surface area contributed by atoms with Crippen LogP contribution in [0.25, 0.3) is 15.7 Å². The van der Waals surface area contributed by atoms with Crippen LogP contribution in [0, 0.1) is 5.41 Å². The highest BCUT2D eigenvalue weighted by molar-refractivity contribution is 7.20.